The molecule has 0 bridgehead atoms. The maximum atomic E-state index is 12.6. The van der Waals surface area contributed by atoms with Gasteiger partial charge in [0, 0.05) is 17.0 Å². The molecule has 3 aromatic rings. The third-order valence-corrected chi connectivity index (χ3v) is 4.07. The van der Waals surface area contributed by atoms with E-state index in [1.807, 2.05) is 6.92 Å². The van der Waals surface area contributed by atoms with E-state index in [2.05, 4.69) is 0 Å². The molecule has 2 aromatic heterocycles. The number of hydrogen-bond acceptors (Lipinski definition) is 7. The van der Waals surface area contributed by atoms with Crippen LogP contribution in [0.1, 0.15) is 53.9 Å². The molecule has 0 fully saturated rings. The van der Waals surface area contributed by atoms with Crippen LogP contribution in [-0.2, 0) is 15.9 Å². The molecular weight excluding hydrogens is 352 g/mol. The first kappa shape index (κ1) is 18.7. The van der Waals surface area contributed by atoms with Crippen molar-refractivity contribution in [3.05, 3.63) is 45.5 Å². The molecule has 3 rings (SSSR count). The van der Waals surface area contributed by atoms with Gasteiger partial charge < -0.3 is 18.3 Å². The standard InChI is InChI=1S/C20H20O7/c1-4-7-11-12-8-16(19(22)24-5-2)26-15(12)9-13-14(21)10-17(27-18(11)13)20(23)25-6-3/h8-10H,4-7H2,1-3H3. The Kier molecular flexibility index (Phi) is 5.30. The molecule has 0 saturated heterocycles. The van der Waals surface area contributed by atoms with Crippen molar-refractivity contribution in [1.82, 2.24) is 0 Å². The minimum Gasteiger partial charge on any atom is -0.460 e. The molecule has 0 atom stereocenters. The van der Waals surface area contributed by atoms with Crippen LogP contribution in [0, 0.1) is 0 Å². The molecule has 7 nitrogen and oxygen atoms in total. The lowest BCUT2D eigenvalue weighted by atomic mass is 10.0. The highest BCUT2D eigenvalue weighted by Crippen LogP contribution is 2.31. The van der Waals surface area contributed by atoms with Crippen molar-refractivity contribution in [3.63, 3.8) is 0 Å². The van der Waals surface area contributed by atoms with Gasteiger partial charge in [-0.15, -0.1) is 0 Å². The number of ether oxygens (including phenoxy) is 2. The third kappa shape index (κ3) is 3.45. The largest absolute Gasteiger partial charge is 0.460 e. The fourth-order valence-corrected chi connectivity index (χ4v) is 2.97. The number of aryl methyl sites for hydroxylation is 1. The normalized spacial score (nSPS) is 11.1. The molecule has 1 aromatic carbocycles. The lowest BCUT2D eigenvalue weighted by Gasteiger charge is -2.08. The van der Waals surface area contributed by atoms with Crippen molar-refractivity contribution in [2.75, 3.05) is 13.2 Å². The van der Waals surface area contributed by atoms with E-state index in [1.54, 1.807) is 19.9 Å². The number of rotatable bonds is 6. The monoisotopic (exact) mass is 372 g/mol. The second kappa shape index (κ2) is 7.65. The SMILES string of the molecule is CCCc1c2cc(C(=O)OCC)oc2cc2c(=O)cc(C(=O)OCC)oc12. The smallest absolute Gasteiger partial charge is 0.374 e. The van der Waals surface area contributed by atoms with Gasteiger partial charge in [0.2, 0.25) is 11.5 Å². The molecule has 27 heavy (non-hydrogen) atoms. The molecule has 0 aliphatic rings. The number of carbonyl (C=O) groups excluding carboxylic acids is 2. The fraction of sp³-hybridized carbons (Fsp3) is 0.350. The van der Waals surface area contributed by atoms with Gasteiger partial charge in [0.05, 0.1) is 18.6 Å². The van der Waals surface area contributed by atoms with Gasteiger partial charge in [0.1, 0.15) is 11.2 Å². The molecule has 0 unspecified atom stereocenters. The lowest BCUT2D eigenvalue weighted by molar-refractivity contribution is 0.0483. The van der Waals surface area contributed by atoms with Gasteiger partial charge in [0.15, 0.2) is 5.43 Å². The number of fused-ring (bicyclic) bond motifs is 2. The van der Waals surface area contributed by atoms with Gasteiger partial charge in [-0.2, -0.15) is 0 Å². The summed E-state index contributed by atoms with van der Waals surface area (Å²) in [5.74, 6) is -1.37. The zero-order valence-corrected chi connectivity index (χ0v) is 15.4. The Balaban J connectivity index is 2.29. The average Bonchev–Trinajstić information content (AvgIpc) is 3.07. The summed E-state index contributed by atoms with van der Waals surface area (Å²) >= 11 is 0. The van der Waals surface area contributed by atoms with Gasteiger partial charge in [0.25, 0.3) is 0 Å². The number of furan rings is 1. The Labute approximate surface area is 154 Å². The minimum absolute atomic E-state index is 0.0533. The first-order valence-electron chi connectivity index (χ1n) is 8.87. The molecule has 0 aliphatic heterocycles. The Hall–Kier alpha value is -3.09. The van der Waals surface area contributed by atoms with Crippen LogP contribution in [0.5, 0.6) is 0 Å². The first-order valence-corrected chi connectivity index (χ1v) is 8.87. The summed E-state index contributed by atoms with van der Waals surface area (Å²) in [6, 6.07) is 4.21. The number of esters is 2. The van der Waals surface area contributed by atoms with Gasteiger partial charge in [-0.05, 0) is 32.4 Å². The molecular formula is C20H20O7. The van der Waals surface area contributed by atoms with Crippen molar-refractivity contribution in [1.29, 1.82) is 0 Å². The Bertz CT molecular complexity index is 1070. The van der Waals surface area contributed by atoms with Crippen LogP contribution >= 0.6 is 0 Å². The van der Waals surface area contributed by atoms with Gasteiger partial charge in [-0.3, -0.25) is 4.79 Å². The summed E-state index contributed by atoms with van der Waals surface area (Å²) < 4.78 is 21.2. The van der Waals surface area contributed by atoms with Crippen LogP contribution < -0.4 is 5.43 Å². The van der Waals surface area contributed by atoms with E-state index in [1.165, 1.54) is 6.07 Å². The van der Waals surface area contributed by atoms with E-state index in [-0.39, 0.29) is 35.5 Å². The molecule has 7 heteroatoms. The maximum Gasteiger partial charge on any atom is 0.374 e. The van der Waals surface area contributed by atoms with Crippen LogP contribution in [0.2, 0.25) is 0 Å². The van der Waals surface area contributed by atoms with Crippen molar-refractivity contribution in [3.8, 4) is 0 Å². The molecule has 0 spiro atoms. The first-order chi connectivity index (χ1) is 13.0. The van der Waals surface area contributed by atoms with Crippen molar-refractivity contribution in [2.45, 2.75) is 33.6 Å². The van der Waals surface area contributed by atoms with Crippen LogP contribution in [-0.4, -0.2) is 25.2 Å². The van der Waals surface area contributed by atoms with Crippen LogP contribution in [0.3, 0.4) is 0 Å². The Morgan fingerprint density at radius 2 is 1.52 bits per heavy atom. The second-order valence-electron chi connectivity index (χ2n) is 5.92. The highest BCUT2D eigenvalue weighted by atomic mass is 16.5. The van der Waals surface area contributed by atoms with Crippen LogP contribution in [0.4, 0.5) is 0 Å². The highest BCUT2D eigenvalue weighted by Gasteiger charge is 2.21. The van der Waals surface area contributed by atoms with Gasteiger partial charge in [-0.1, -0.05) is 13.3 Å². The summed E-state index contributed by atoms with van der Waals surface area (Å²) in [5.41, 5.74) is 1.02. The summed E-state index contributed by atoms with van der Waals surface area (Å²) in [6.45, 7) is 5.75. The topological polar surface area (TPSA) is 96.0 Å². The van der Waals surface area contributed by atoms with Gasteiger partial charge in [-0.25, -0.2) is 9.59 Å². The van der Waals surface area contributed by atoms with E-state index in [9.17, 15) is 14.4 Å². The number of benzene rings is 1. The molecule has 2 heterocycles. The molecule has 0 radical (unpaired) electrons. The average molecular weight is 372 g/mol. The second-order valence-corrected chi connectivity index (χ2v) is 5.92. The molecule has 0 amide bonds. The van der Waals surface area contributed by atoms with E-state index in [4.69, 9.17) is 18.3 Å². The molecule has 0 saturated carbocycles. The summed E-state index contributed by atoms with van der Waals surface area (Å²) in [7, 11) is 0. The van der Waals surface area contributed by atoms with Crippen molar-refractivity contribution >= 4 is 33.9 Å². The quantitative estimate of drug-likeness (QED) is 0.606. The van der Waals surface area contributed by atoms with E-state index in [0.717, 1.165) is 12.5 Å². The maximum absolute atomic E-state index is 12.6. The summed E-state index contributed by atoms with van der Waals surface area (Å²) in [4.78, 5) is 36.6. The fourth-order valence-electron chi connectivity index (χ4n) is 2.97. The van der Waals surface area contributed by atoms with Gasteiger partial charge >= 0.3 is 11.9 Å². The van der Waals surface area contributed by atoms with Crippen LogP contribution in [0.15, 0.2) is 31.8 Å². The third-order valence-electron chi connectivity index (χ3n) is 4.07. The van der Waals surface area contributed by atoms with Crippen molar-refractivity contribution < 1.29 is 27.9 Å². The molecule has 142 valence electrons. The predicted octanol–water partition coefficient (Wildman–Crippen LogP) is 3.85. The highest BCUT2D eigenvalue weighted by molar-refractivity contribution is 6.01. The Morgan fingerprint density at radius 3 is 2.11 bits per heavy atom. The number of hydrogen-bond donors (Lipinski definition) is 0. The minimum atomic E-state index is -0.696. The van der Waals surface area contributed by atoms with E-state index in [0.29, 0.717) is 28.5 Å². The summed E-state index contributed by atoms with van der Waals surface area (Å²) in [5, 5.41) is 0.931. The molecule has 0 aliphatic carbocycles. The van der Waals surface area contributed by atoms with E-state index < -0.39 is 11.9 Å². The zero-order valence-electron chi connectivity index (χ0n) is 15.4. The lowest BCUT2D eigenvalue weighted by Crippen LogP contribution is -2.10. The van der Waals surface area contributed by atoms with E-state index >= 15 is 0 Å². The summed E-state index contributed by atoms with van der Waals surface area (Å²) in [6.07, 6.45) is 1.34. The molecule has 0 N–H and O–H groups in total. The Morgan fingerprint density at radius 1 is 0.889 bits per heavy atom. The van der Waals surface area contributed by atoms with Crippen LogP contribution in [0.25, 0.3) is 21.9 Å². The zero-order chi connectivity index (χ0) is 19.6. The van der Waals surface area contributed by atoms with Crippen molar-refractivity contribution in [2.24, 2.45) is 0 Å². The number of carbonyl (C=O) groups is 2. The predicted molar refractivity (Wildman–Crippen MR) is 98.2 cm³/mol.